The van der Waals surface area contributed by atoms with Crippen LogP contribution in [0.5, 0.6) is 5.75 Å². The molecule has 160 valence electrons. The molecule has 0 saturated heterocycles. The molecule has 0 unspecified atom stereocenters. The van der Waals surface area contributed by atoms with Crippen LogP contribution in [0.15, 0.2) is 36.9 Å². The van der Waals surface area contributed by atoms with E-state index in [9.17, 15) is 14.4 Å². The molecule has 1 N–H and O–H groups in total. The van der Waals surface area contributed by atoms with Gasteiger partial charge in [-0.2, -0.15) is 0 Å². The number of benzene rings is 1. The number of methoxy groups -OCH3 is 1. The minimum atomic E-state index is -0.773. The van der Waals surface area contributed by atoms with Gasteiger partial charge in [0.15, 0.2) is 5.78 Å². The molecule has 0 aliphatic rings. The molecule has 1 amide bonds. The number of ether oxygens (including phenoxy) is 2. The van der Waals surface area contributed by atoms with Gasteiger partial charge in [-0.3, -0.25) is 9.59 Å². The van der Waals surface area contributed by atoms with E-state index in [1.807, 2.05) is 0 Å². The molecule has 2 aromatic rings. The molecule has 2 rings (SSSR count). The number of nitrogens with zero attached hydrogens (tertiary/aromatic N) is 1. The number of ketones is 1. The molecule has 1 heterocycles. The van der Waals surface area contributed by atoms with Crippen molar-refractivity contribution in [1.82, 2.24) is 9.88 Å². The first-order valence-corrected chi connectivity index (χ1v) is 9.73. The standard InChI is InChI=1S/C23H28N2O5/c1-7-12-25(22(27)17-10-9-11-18(13-17)29-6)16(5)21(26)19-14(3)20(24-15(19)4)23(28)30-8-2/h7,9-11,13,16,24H,1,8,12H2,2-6H3/t16-/m0/s1. The summed E-state index contributed by atoms with van der Waals surface area (Å²) in [7, 11) is 1.52. The molecule has 0 spiro atoms. The maximum absolute atomic E-state index is 13.3. The number of nitrogens with one attached hydrogen (secondary N) is 1. The Bertz CT molecular complexity index is 960. The van der Waals surface area contributed by atoms with Gasteiger partial charge in [0.25, 0.3) is 5.91 Å². The zero-order valence-corrected chi connectivity index (χ0v) is 18.1. The predicted molar refractivity (Wildman–Crippen MR) is 114 cm³/mol. The third-order valence-electron chi connectivity index (χ3n) is 4.91. The number of hydrogen-bond acceptors (Lipinski definition) is 5. The smallest absolute Gasteiger partial charge is 0.355 e. The van der Waals surface area contributed by atoms with Gasteiger partial charge in [0.05, 0.1) is 19.8 Å². The lowest BCUT2D eigenvalue weighted by atomic mass is 9.99. The number of amides is 1. The average Bonchev–Trinajstić information content (AvgIpc) is 3.04. The zero-order valence-electron chi connectivity index (χ0n) is 18.1. The fourth-order valence-electron chi connectivity index (χ4n) is 3.36. The normalized spacial score (nSPS) is 11.5. The lowest BCUT2D eigenvalue weighted by molar-refractivity contribution is 0.0519. The number of Topliss-reactive ketones (excluding diaryl/α,β-unsaturated/α-hetero) is 1. The molecule has 30 heavy (non-hydrogen) atoms. The van der Waals surface area contributed by atoms with Crippen molar-refractivity contribution in [2.24, 2.45) is 0 Å². The highest BCUT2D eigenvalue weighted by Crippen LogP contribution is 2.23. The first-order valence-electron chi connectivity index (χ1n) is 9.73. The van der Waals surface area contributed by atoms with E-state index in [0.29, 0.717) is 28.1 Å². The fraction of sp³-hybridized carbons (Fsp3) is 0.348. The van der Waals surface area contributed by atoms with Gasteiger partial charge < -0.3 is 19.4 Å². The Labute approximate surface area is 176 Å². The number of aromatic amines is 1. The highest BCUT2D eigenvalue weighted by Gasteiger charge is 2.31. The minimum Gasteiger partial charge on any atom is -0.497 e. The summed E-state index contributed by atoms with van der Waals surface area (Å²) in [6, 6.07) is 5.99. The van der Waals surface area contributed by atoms with E-state index in [0.717, 1.165) is 0 Å². The summed E-state index contributed by atoms with van der Waals surface area (Å²) < 4.78 is 10.2. The van der Waals surface area contributed by atoms with Crippen molar-refractivity contribution >= 4 is 17.7 Å². The summed E-state index contributed by atoms with van der Waals surface area (Å²) in [5.41, 5.74) is 2.11. The molecule has 0 saturated carbocycles. The molecule has 1 atom stereocenters. The number of rotatable bonds is 9. The summed E-state index contributed by atoms with van der Waals surface area (Å²) in [6.45, 7) is 10.9. The molecule has 0 radical (unpaired) electrons. The number of aromatic nitrogens is 1. The maximum atomic E-state index is 13.3. The lowest BCUT2D eigenvalue weighted by Crippen LogP contribution is -2.43. The zero-order chi connectivity index (χ0) is 22.4. The number of aryl methyl sites for hydroxylation is 1. The van der Waals surface area contributed by atoms with E-state index in [4.69, 9.17) is 9.47 Å². The molecule has 0 bridgehead atoms. The largest absolute Gasteiger partial charge is 0.497 e. The third-order valence-corrected chi connectivity index (χ3v) is 4.91. The molecule has 0 fully saturated rings. The second kappa shape index (κ2) is 9.91. The number of hydrogen-bond donors (Lipinski definition) is 1. The monoisotopic (exact) mass is 412 g/mol. The van der Waals surface area contributed by atoms with Crippen LogP contribution in [0.4, 0.5) is 0 Å². The van der Waals surface area contributed by atoms with Crippen LogP contribution in [0.1, 0.15) is 56.3 Å². The van der Waals surface area contributed by atoms with Crippen molar-refractivity contribution < 1.29 is 23.9 Å². The lowest BCUT2D eigenvalue weighted by Gasteiger charge is -2.27. The van der Waals surface area contributed by atoms with Crippen molar-refractivity contribution in [3.05, 3.63) is 65.0 Å². The summed E-state index contributed by atoms with van der Waals surface area (Å²) in [4.78, 5) is 43.0. The minimum absolute atomic E-state index is 0.191. The topological polar surface area (TPSA) is 88.7 Å². The highest BCUT2D eigenvalue weighted by atomic mass is 16.5. The van der Waals surface area contributed by atoms with Crippen LogP contribution < -0.4 is 4.74 Å². The Morgan fingerprint density at radius 3 is 2.57 bits per heavy atom. The summed E-state index contributed by atoms with van der Waals surface area (Å²) >= 11 is 0. The SMILES string of the molecule is C=CCN(C(=O)c1cccc(OC)c1)[C@@H](C)C(=O)c1c(C)[nH]c(C(=O)OCC)c1C. The molecular formula is C23H28N2O5. The third kappa shape index (κ3) is 4.62. The van der Waals surface area contributed by atoms with Crippen LogP contribution in [0, 0.1) is 13.8 Å². The summed E-state index contributed by atoms with van der Waals surface area (Å²) in [5.74, 6) is -0.545. The maximum Gasteiger partial charge on any atom is 0.355 e. The van der Waals surface area contributed by atoms with Crippen LogP contribution in [-0.4, -0.2) is 53.8 Å². The Morgan fingerprint density at radius 1 is 1.27 bits per heavy atom. The predicted octanol–water partition coefficient (Wildman–Crippen LogP) is 3.72. The first kappa shape index (κ1) is 22.9. The molecule has 1 aromatic carbocycles. The van der Waals surface area contributed by atoms with E-state index in [-0.39, 0.29) is 30.5 Å². The number of carbonyl (C=O) groups excluding carboxylic acids is 3. The Balaban J connectivity index is 2.39. The van der Waals surface area contributed by atoms with Crippen LogP contribution in [-0.2, 0) is 4.74 Å². The van der Waals surface area contributed by atoms with Crippen molar-refractivity contribution in [1.29, 1.82) is 0 Å². The van der Waals surface area contributed by atoms with Crippen LogP contribution in [0.25, 0.3) is 0 Å². The Morgan fingerprint density at radius 2 is 1.97 bits per heavy atom. The van der Waals surface area contributed by atoms with Crippen molar-refractivity contribution in [3.8, 4) is 5.75 Å². The van der Waals surface area contributed by atoms with E-state index in [1.54, 1.807) is 58.0 Å². The van der Waals surface area contributed by atoms with Crippen LogP contribution in [0.2, 0.25) is 0 Å². The van der Waals surface area contributed by atoms with E-state index in [2.05, 4.69) is 11.6 Å². The van der Waals surface area contributed by atoms with E-state index < -0.39 is 12.0 Å². The number of esters is 1. The van der Waals surface area contributed by atoms with Gasteiger partial charge in [-0.25, -0.2) is 4.79 Å². The average molecular weight is 412 g/mol. The second-order valence-corrected chi connectivity index (χ2v) is 6.86. The van der Waals surface area contributed by atoms with E-state index in [1.165, 1.54) is 12.0 Å². The first-order chi connectivity index (χ1) is 14.3. The van der Waals surface area contributed by atoms with Gasteiger partial charge in [-0.15, -0.1) is 6.58 Å². The summed E-state index contributed by atoms with van der Waals surface area (Å²) in [5, 5.41) is 0. The van der Waals surface area contributed by atoms with Crippen molar-refractivity contribution in [2.75, 3.05) is 20.3 Å². The molecule has 7 heteroatoms. The number of carbonyl (C=O) groups is 3. The van der Waals surface area contributed by atoms with Gasteiger partial charge in [0, 0.05) is 23.4 Å². The van der Waals surface area contributed by atoms with Crippen LogP contribution in [0.3, 0.4) is 0 Å². The van der Waals surface area contributed by atoms with Gasteiger partial charge in [0.2, 0.25) is 0 Å². The second-order valence-electron chi connectivity index (χ2n) is 6.86. The van der Waals surface area contributed by atoms with E-state index >= 15 is 0 Å². The summed E-state index contributed by atoms with van der Waals surface area (Å²) in [6.07, 6.45) is 1.57. The highest BCUT2D eigenvalue weighted by molar-refractivity contribution is 6.07. The molecule has 0 aliphatic carbocycles. The molecule has 0 aliphatic heterocycles. The van der Waals surface area contributed by atoms with Gasteiger partial charge in [-0.05, 0) is 51.5 Å². The molecule has 7 nitrogen and oxygen atoms in total. The molecular weight excluding hydrogens is 384 g/mol. The Hall–Kier alpha value is -3.35. The van der Waals surface area contributed by atoms with Crippen molar-refractivity contribution in [3.63, 3.8) is 0 Å². The fourth-order valence-corrected chi connectivity index (χ4v) is 3.36. The quantitative estimate of drug-likeness (QED) is 0.385. The molecule has 1 aromatic heterocycles. The van der Waals surface area contributed by atoms with Crippen LogP contribution >= 0.6 is 0 Å². The van der Waals surface area contributed by atoms with Crippen molar-refractivity contribution in [2.45, 2.75) is 33.7 Å². The van der Waals surface area contributed by atoms with Gasteiger partial charge in [-0.1, -0.05) is 12.1 Å². The van der Waals surface area contributed by atoms with Gasteiger partial charge >= 0.3 is 5.97 Å². The number of H-pyrrole nitrogens is 1. The van der Waals surface area contributed by atoms with Gasteiger partial charge in [0.1, 0.15) is 11.4 Å². The Kier molecular flexibility index (Phi) is 7.58.